The third-order valence-corrected chi connectivity index (χ3v) is 4.20. The molecule has 0 spiro atoms. The van der Waals surface area contributed by atoms with Crippen LogP contribution >= 0.6 is 12.4 Å². The monoisotopic (exact) mass is 340 g/mol. The van der Waals surface area contributed by atoms with Gasteiger partial charge in [-0.2, -0.15) is 0 Å². The highest BCUT2D eigenvalue weighted by Crippen LogP contribution is 2.10. The molecule has 0 bridgehead atoms. The Hall–Kier alpha value is -1.10. The van der Waals surface area contributed by atoms with Gasteiger partial charge in [0, 0.05) is 19.1 Å². The maximum atomic E-state index is 11.9. The van der Waals surface area contributed by atoms with Crippen molar-refractivity contribution in [1.29, 1.82) is 0 Å². The van der Waals surface area contributed by atoms with Crippen molar-refractivity contribution < 1.29 is 9.53 Å². The van der Waals surface area contributed by atoms with Gasteiger partial charge >= 0.3 is 0 Å². The lowest BCUT2D eigenvalue weighted by Gasteiger charge is -2.30. The second-order valence-corrected chi connectivity index (χ2v) is 6.10. The summed E-state index contributed by atoms with van der Waals surface area (Å²) in [6.45, 7) is 5.55. The fourth-order valence-electron chi connectivity index (χ4n) is 2.78. The van der Waals surface area contributed by atoms with E-state index in [4.69, 9.17) is 4.74 Å². The van der Waals surface area contributed by atoms with E-state index in [1.807, 2.05) is 18.2 Å². The SMILES string of the molecule is CC1CNCCC1NC(=O)CCCOCCc1ccccc1.Cl. The Morgan fingerprint density at radius 3 is 2.83 bits per heavy atom. The van der Waals surface area contributed by atoms with Crippen LogP contribution in [0.1, 0.15) is 31.7 Å². The molecule has 130 valence electrons. The summed E-state index contributed by atoms with van der Waals surface area (Å²) in [6, 6.07) is 10.6. The molecule has 2 rings (SSSR count). The number of rotatable bonds is 8. The first-order chi connectivity index (χ1) is 10.8. The molecule has 2 N–H and O–H groups in total. The van der Waals surface area contributed by atoms with E-state index in [2.05, 4.69) is 29.7 Å². The van der Waals surface area contributed by atoms with Gasteiger partial charge < -0.3 is 15.4 Å². The predicted octanol–water partition coefficient (Wildman–Crippen LogP) is 2.56. The molecule has 5 heteroatoms. The van der Waals surface area contributed by atoms with Gasteiger partial charge in [0.05, 0.1) is 6.61 Å². The maximum Gasteiger partial charge on any atom is 0.220 e. The highest BCUT2D eigenvalue weighted by atomic mass is 35.5. The lowest BCUT2D eigenvalue weighted by Crippen LogP contribution is -2.48. The van der Waals surface area contributed by atoms with Crippen LogP contribution in [-0.4, -0.2) is 38.3 Å². The van der Waals surface area contributed by atoms with Crippen LogP contribution in [0.4, 0.5) is 0 Å². The van der Waals surface area contributed by atoms with Crippen LogP contribution in [0.2, 0.25) is 0 Å². The number of hydrogen-bond acceptors (Lipinski definition) is 3. The van der Waals surface area contributed by atoms with Crippen LogP contribution in [0.15, 0.2) is 30.3 Å². The molecule has 1 saturated heterocycles. The molecule has 0 radical (unpaired) electrons. The van der Waals surface area contributed by atoms with Crippen LogP contribution in [0.5, 0.6) is 0 Å². The summed E-state index contributed by atoms with van der Waals surface area (Å²) < 4.78 is 5.61. The highest BCUT2D eigenvalue weighted by molar-refractivity contribution is 5.85. The number of carbonyl (C=O) groups excluding carboxylic acids is 1. The Kier molecular flexibility index (Phi) is 9.92. The van der Waals surface area contributed by atoms with Gasteiger partial charge in [0.1, 0.15) is 0 Å². The minimum atomic E-state index is 0. The van der Waals surface area contributed by atoms with E-state index in [1.54, 1.807) is 0 Å². The summed E-state index contributed by atoms with van der Waals surface area (Å²) in [7, 11) is 0. The van der Waals surface area contributed by atoms with Gasteiger partial charge in [-0.3, -0.25) is 4.79 Å². The predicted molar refractivity (Wildman–Crippen MR) is 96.0 cm³/mol. The molecular weight excluding hydrogens is 312 g/mol. The third kappa shape index (κ3) is 7.82. The minimum absolute atomic E-state index is 0. The molecule has 1 amide bonds. The largest absolute Gasteiger partial charge is 0.381 e. The van der Waals surface area contributed by atoms with Crippen molar-refractivity contribution in [2.24, 2.45) is 5.92 Å². The Morgan fingerprint density at radius 2 is 2.09 bits per heavy atom. The number of hydrogen-bond donors (Lipinski definition) is 2. The Balaban J connectivity index is 0.00000264. The number of piperidine rings is 1. The molecule has 1 aliphatic heterocycles. The van der Waals surface area contributed by atoms with Crippen LogP contribution in [-0.2, 0) is 16.0 Å². The smallest absolute Gasteiger partial charge is 0.220 e. The first-order valence-electron chi connectivity index (χ1n) is 8.37. The molecule has 0 aliphatic carbocycles. The maximum absolute atomic E-state index is 11.9. The summed E-state index contributed by atoms with van der Waals surface area (Å²) >= 11 is 0. The number of amides is 1. The molecule has 1 heterocycles. The van der Waals surface area contributed by atoms with Crippen molar-refractivity contribution in [2.75, 3.05) is 26.3 Å². The highest BCUT2D eigenvalue weighted by Gasteiger charge is 2.22. The van der Waals surface area contributed by atoms with Crippen molar-refractivity contribution in [3.63, 3.8) is 0 Å². The summed E-state index contributed by atoms with van der Waals surface area (Å²) in [5.74, 6) is 0.672. The normalized spacial score (nSPS) is 20.6. The Labute approximate surface area is 145 Å². The Morgan fingerprint density at radius 1 is 1.30 bits per heavy atom. The van der Waals surface area contributed by atoms with E-state index < -0.39 is 0 Å². The zero-order chi connectivity index (χ0) is 15.6. The van der Waals surface area contributed by atoms with Gasteiger partial charge in [-0.15, -0.1) is 12.4 Å². The topological polar surface area (TPSA) is 50.4 Å². The fraction of sp³-hybridized carbons (Fsp3) is 0.611. The molecule has 1 aliphatic rings. The van der Waals surface area contributed by atoms with Gasteiger partial charge in [0.15, 0.2) is 0 Å². The van der Waals surface area contributed by atoms with E-state index in [1.165, 1.54) is 5.56 Å². The van der Waals surface area contributed by atoms with Gasteiger partial charge in [-0.1, -0.05) is 37.3 Å². The van der Waals surface area contributed by atoms with Gasteiger partial charge in [-0.05, 0) is 43.8 Å². The molecule has 1 aromatic rings. The standard InChI is InChI=1S/C18H28N2O2.ClH/c1-15-14-19-11-9-17(15)20-18(21)8-5-12-22-13-10-16-6-3-2-4-7-16;/h2-4,6-7,15,17,19H,5,8-14H2,1H3,(H,20,21);1H. The van der Waals surface area contributed by atoms with E-state index in [0.717, 1.165) is 39.0 Å². The van der Waals surface area contributed by atoms with Crippen molar-refractivity contribution in [3.05, 3.63) is 35.9 Å². The molecule has 2 atom stereocenters. The van der Waals surface area contributed by atoms with Gasteiger partial charge in [-0.25, -0.2) is 0 Å². The average Bonchev–Trinajstić information content (AvgIpc) is 2.54. The third-order valence-electron chi connectivity index (χ3n) is 4.20. The molecule has 0 aromatic heterocycles. The van der Waals surface area contributed by atoms with Crippen molar-refractivity contribution >= 4 is 18.3 Å². The number of nitrogens with one attached hydrogen (secondary N) is 2. The van der Waals surface area contributed by atoms with E-state index >= 15 is 0 Å². The second kappa shape index (κ2) is 11.4. The molecule has 1 aromatic carbocycles. The first kappa shape index (κ1) is 19.9. The molecule has 4 nitrogen and oxygen atoms in total. The first-order valence-corrected chi connectivity index (χ1v) is 8.37. The lowest BCUT2D eigenvalue weighted by molar-refractivity contribution is -0.122. The molecule has 1 fully saturated rings. The van der Waals surface area contributed by atoms with Crippen molar-refractivity contribution in [1.82, 2.24) is 10.6 Å². The fourth-order valence-corrected chi connectivity index (χ4v) is 2.78. The van der Waals surface area contributed by atoms with Crippen LogP contribution in [0.25, 0.3) is 0 Å². The van der Waals surface area contributed by atoms with Crippen LogP contribution in [0, 0.1) is 5.92 Å². The van der Waals surface area contributed by atoms with Gasteiger partial charge in [0.2, 0.25) is 5.91 Å². The van der Waals surface area contributed by atoms with Crippen molar-refractivity contribution in [2.45, 2.75) is 38.6 Å². The van der Waals surface area contributed by atoms with Crippen LogP contribution in [0.3, 0.4) is 0 Å². The van der Waals surface area contributed by atoms with Crippen molar-refractivity contribution in [3.8, 4) is 0 Å². The molecule has 2 unspecified atom stereocenters. The summed E-state index contributed by atoms with van der Waals surface area (Å²) in [6.07, 6.45) is 3.31. The summed E-state index contributed by atoms with van der Waals surface area (Å²) in [4.78, 5) is 11.9. The average molecular weight is 341 g/mol. The quantitative estimate of drug-likeness (QED) is 0.715. The Bertz CT molecular complexity index is 442. The summed E-state index contributed by atoms with van der Waals surface area (Å²) in [5, 5.41) is 6.50. The second-order valence-electron chi connectivity index (χ2n) is 6.10. The van der Waals surface area contributed by atoms with E-state index in [-0.39, 0.29) is 18.3 Å². The number of halogens is 1. The van der Waals surface area contributed by atoms with Crippen LogP contribution < -0.4 is 10.6 Å². The molecule has 23 heavy (non-hydrogen) atoms. The van der Waals surface area contributed by atoms with Gasteiger partial charge in [0.25, 0.3) is 0 Å². The van der Waals surface area contributed by atoms with E-state index in [0.29, 0.717) is 25.0 Å². The zero-order valence-electron chi connectivity index (χ0n) is 13.9. The minimum Gasteiger partial charge on any atom is -0.381 e. The summed E-state index contributed by atoms with van der Waals surface area (Å²) in [5.41, 5.74) is 1.29. The lowest BCUT2D eigenvalue weighted by atomic mass is 9.95. The molecular formula is C18H29ClN2O2. The number of benzene rings is 1. The molecule has 0 saturated carbocycles. The van der Waals surface area contributed by atoms with E-state index in [9.17, 15) is 4.79 Å². The zero-order valence-corrected chi connectivity index (χ0v) is 14.7. The number of carbonyl (C=O) groups is 1. The number of ether oxygens (including phenoxy) is 1.